The zero-order valence-electron chi connectivity index (χ0n) is 61.9. The van der Waals surface area contributed by atoms with Crippen molar-refractivity contribution < 1.29 is 57.5 Å². The van der Waals surface area contributed by atoms with Gasteiger partial charge in [-0.05, 0) is 120 Å². The number of likely N-dealkylation sites (tertiary alicyclic amines) is 1. The molecule has 3 saturated heterocycles. The molecule has 1 saturated carbocycles. The summed E-state index contributed by atoms with van der Waals surface area (Å²) in [5, 5.41) is 11.8. The van der Waals surface area contributed by atoms with E-state index in [1.165, 1.54) is 69.5 Å². The molecule has 4 aliphatic rings. The van der Waals surface area contributed by atoms with Gasteiger partial charge >= 0.3 is 0 Å². The van der Waals surface area contributed by atoms with Crippen LogP contribution in [0.3, 0.4) is 0 Å². The quantitative estimate of drug-likeness (QED) is 0.145. The van der Waals surface area contributed by atoms with Crippen LogP contribution in [0.5, 0.6) is 0 Å². The molecule has 2 aromatic rings. The third kappa shape index (κ3) is 22.2. The van der Waals surface area contributed by atoms with Crippen molar-refractivity contribution in [2.45, 2.75) is 225 Å². The molecule has 1 unspecified atom stereocenters. The van der Waals surface area contributed by atoms with Crippen molar-refractivity contribution in [3.63, 3.8) is 0 Å². The van der Waals surface area contributed by atoms with Gasteiger partial charge in [-0.1, -0.05) is 149 Å². The number of piperidine rings is 1. The third-order valence-electron chi connectivity index (χ3n) is 21.0. The van der Waals surface area contributed by atoms with Crippen LogP contribution in [0.2, 0.25) is 0 Å². The molecule has 6 rings (SSSR count). The number of carbonyl (C=O) groups excluding carboxylic acids is 12. The number of hydrogen-bond donors (Lipinski definition) is 4. The van der Waals surface area contributed by atoms with Crippen LogP contribution in [0, 0.1) is 33.2 Å². The fourth-order valence-electron chi connectivity index (χ4n) is 14.4. The van der Waals surface area contributed by atoms with Gasteiger partial charge in [0.05, 0.1) is 19.5 Å². The van der Waals surface area contributed by atoms with Crippen LogP contribution in [0.1, 0.15) is 169 Å². The average molecular weight is 1500 g/mol. The van der Waals surface area contributed by atoms with Gasteiger partial charge in [-0.2, -0.15) is 0 Å². The lowest BCUT2D eigenvalue weighted by Gasteiger charge is -2.45. The molecular formula is C75H115IN12O12. The van der Waals surface area contributed by atoms with Gasteiger partial charge in [-0.15, -0.1) is 0 Å². The van der Waals surface area contributed by atoms with E-state index in [9.17, 15) is 24.0 Å². The molecule has 4 N–H and O–H groups in total. The maximum atomic E-state index is 15.4. The number of fused-ring (bicyclic) bond motifs is 1. The molecule has 0 spiro atoms. The number of nitrogens with one attached hydrogen (secondary N) is 4. The van der Waals surface area contributed by atoms with E-state index in [1.54, 1.807) is 31.0 Å². The summed E-state index contributed by atoms with van der Waals surface area (Å²) >= 11 is 2.16. The Labute approximate surface area is 607 Å². The second-order valence-electron chi connectivity index (χ2n) is 29.5. The summed E-state index contributed by atoms with van der Waals surface area (Å²) in [6.45, 7) is 15.0. The van der Waals surface area contributed by atoms with Gasteiger partial charge in [0.15, 0.2) is 0 Å². The van der Waals surface area contributed by atoms with Crippen molar-refractivity contribution in [2.75, 3.05) is 75.0 Å². The molecule has 11 atom stereocenters. The first-order chi connectivity index (χ1) is 47.4. The smallest absolute Gasteiger partial charge is 0.245 e. The molecule has 3 aliphatic heterocycles. The fraction of sp³-hybridized carbons (Fsp3) is 0.680. The first-order valence-electron chi connectivity index (χ1n) is 36.5. The lowest BCUT2D eigenvalue weighted by molar-refractivity contribution is -0.159. The number of rotatable bonds is 16. The maximum Gasteiger partial charge on any atom is 0.245 e. The molecule has 0 aromatic heterocycles. The maximum absolute atomic E-state index is 15.4. The van der Waals surface area contributed by atoms with Crippen molar-refractivity contribution in [1.29, 1.82) is 0 Å². The number of halogens is 1. The van der Waals surface area contributed by atoms with Gasteiger partial charge in [-0.25, -0.2) is 0 Å². The first-order valence-corrected chi connectivity index (χ1v) is 37.6. The van der Waals surface area contributed by atoms with Gasteiger partial charge in [-0.3, -0.25) is 57.5 Å². The van der Waals surface area contributed by atoms with Crippen LogP contribution in [-0.4, -0.2) is 239 Å². The number of unbranched alkanes of at least 4 members (excludes halogenated alkanes) is 1. The standard InChI is InChI=1S/C75H115IN12O12/c1-15-17-34-55-70(95)84(12)60(43-51-28-21-18-22-29-51)68(93)79-57(39-47(3)4)71(96)85(13)61(73(98)87-36-25-20-26-37-87)44-63(90)83(11)59(40-48(5)6)69(94)80-65(49(7)16-2)74(99)82(10)46-64(91)88-38-35-58(88)72(97)86(14)66(50(8)53-31-23-19-24-32-53)75(100)81(9)45-62(89)77-56(67(92)78-55)42-52-30-27-33-54(76)41-52/h18,21-22,27-30,33,41,47-50,53,55-61,65-66H,15-17,19-20,23-26,31-32,34-40,42-46H2,1-14H3,(H,77,89)(H,78,92)(H,79,93)(H,80,94)/t49-,50?,55-,56-,57-,58-,59-,60-,61-,65-,66-/m0/s1. The van der Waals surface area contributed by atoms with E-state index in [1.807, 2.05) is 90.9 Å². The SMILES string of the molecule is CCCC[C@@H]1NC(=O)[C@H](Cc2cccc(I)c2)NC(=O)CN(C)C(=O)[C@H](C(C)C2CCCCC2)N(C)C(=O)[C@@H]2CCN2C(=O)CN(C)C(=O)[C@H]([C@@H](C)CC)NC(=O)[C@H](CC(C)C)N(C)C(=O)C[C@@H](C(=O)N2CCCCC2)N(C)C(=O)[C@H](CC(C)C)NC(=O)[C@H](Cc2ccccc2)N(C)C1=O. The Morgan fingerprint density at radius 3 is 1.74 bits per heavy atom. The van der Waals surface area contributed by atoms with Crippen molar-refractivity contribution in [2.24, 2.45) is 29.6 Å². The van der Waals surface area contributed by atoms with Gasteiger partial charge in [0, 0.05) is 78.3 Å². The third-order valence-corrected chi connectivity index (χ3v) is 21.6. The summed E-state index contributed by atoms with van der Waals surface area (Å²) in [5.41, 5.74) is 1.37. The van der Waals surface area contributed by atoms with E-state index in [4.69, 9.17) is 0 Å². The van der Waals surface area contributed by atoms with Crippen molar-refractivity contribution >= 4 is 93.5 Å². The molecule has 25 heteroatoms. The zero-order chi connectivity index (χ0) is 73.8. The Hall–Kier alpha value is -7.19. The number of benzene rings is 2. The zero-order valence-corrected chi connectivity index (χ0v) is 64.1. The second-order valence-corrected chi connectivity index (χ2v) is 30.8. The van der Waals surface area contributed by atoms with Crippen LogP contribution in [-0.2, 0) is 70.4 Å². The van der Waals surface area contributed by atoms with Crippen LogP contribution < -0.4 is 21.3 Å². The molecule has 554 valence electrons. The summed E-state index contributed by atoms with van der Waals surface area (Å²) < 4.78 is 0.866. The lowest BCUT2D eigenvalue weighted by atomic mass is 9.76. The normalized spacial score (nSPS) is 26.1. The molecule has 2 aromatic carbocycles. The fourth-order valence-corrected chi connectivity index (χ4v) is 15.0. The van der Waals surface area contributed by atoms with Crippen LogP contribution in [0.25, 0.3) is 0 Å². The molecule has 100 heavy (non-hydrogen) atoms. The van der Waals surface area contributed by atoms with Crippen LogP contribution >= 0.6 is 22.6 Å². The minimum atomic E-state index is -1.40. The van der Waals surface area contributed by atoms with E-state index in [-0.39, 0.29) is 68.7 Å². The van der Waals surface area contributed by atoms with E-state index >= 15 is 33.6 Å². The monoisotopic (exact) mass is 1500 g/mol. The Bertz CT molecular complexity index is 3160. The summed E-state index contributed by atoms with van der Waals surface area (Å²) in [6, 6.07) is 5.56. The Morgan fingerprint density at radius 2 is 1.14 bits per heavy atom. The lowest BCUT2D eigenvalue weighted by Crippen LogP contribution is -2.64. The average Bonchev–Trinajstić information content (AvgIpc) is 0.785. The highest BCUT2D eigenvalue weighted by atomic mass is 127. The molecular weight excluding hydrogens is 1390 g/mol. The summed E-state index contributed by atoms with van der Waals surface area (Å²) in [6.07, 6.45) is 8.44. The van der Waals surface area contributed by atoms with Gasteiger partial charge in [0.25, 0.3) is 0 Å². The summed E-state index contributed by atoms with van der Waals surface area (Å²) in [5.74, 6) is -8.44. The number of nitrogens with zero attached hydrogens (tertiary/aromatic N) is 8. The number of carbonyl (C=O) groups is 12. The molecule has 12 amide bonds. The van der Waals surface area contributed by atoms with E-state index in [0.29, 0.717) is 56.3 Å². The predicted octanol–water partition coefficient (Wildman–Crippen LogP) is 5.80. The second kappa shape index (κ2) is 38.7. The summed E-state index contributed by atoms with van der Waals surface area (Å²) in [7, 11) is 8.82. The highest BCUT2D eigenvalue weighted by Gasteiger charge is 2.47. The summed E-state index contributed by atoms with van der Waals surface area (Å²) in [4.78, 5) is 191. The molecule has 4 fully saturated rings. The van der Waals surface area contributed by atoms with E-state index in [0.717, 1.165) is 42.1 Å². The minimum Gasteiger partial charge on any atom is -0.343 e. The van der Waals surface area contributed by atoms with Crippen molar-refractivity contribution in [3.8, 4) is 0 Å². The van der Waals surface area contributed by atoms with Gasteiger partial charge < -0.3 is 60.5 Å². The Kier molecular flexibility index (Phi) is 31.7. The largest absolute Gasteiger partial charge is 0.343 e. The predicted molar refractivity (Wildman–Crippen MR) is 391 cm³/mol. The van der Waals surface area contributed by atoms with Crippen molar-refractivity contribution in [1.82, 2.24) is 60.5 Å². The van der Waals surface area contributed by atoms with E-state index < -0.39 is 151 Å². The first kappa shape index (κ1) is 81.8. The number of amides is 12. The molecule has 1 aliphatic carbocycles. The van der Waals surface area contributed by atoms with Crippen LogP contribution in [0.4, 0.5) is 0 Å². The Morgan fingerprint density at radius 1 is 0.540 bits per heavy atom. The highest BCUT2D eigenvalue weighted by molar-refractivity contribution is 14.1. The number of likely N-dealkylation sites (N-methyl/N-ethyl adjacent to an activating group) is 6. The topological polar surface area (TPSA) is 279 Å². The van der Waals surface area contributed by atoms with Gasteiger partial charge in [0.1, 0.15) is 54.4 Å². The van der Waals surface area contributed by atoms with Crippen LogP contribution in [0.15, 0.2) is 54.6 Å². The van der Waals surface area contributed by atoms with E-state index in [2.05, 4.69) is 43.9 Å². The Balaban J connectivity index is 1.46. The highest BCUT2D eigenvalue weighted by Crippen LogP contribution is 2.35. The molecule has 24 nitrogen and oxygen atoms in total. The number of hydrogen-bond acceptors (Lipinski definition) is 12. The molecule has 0 radical (unpaired) electrons. The van der Waals surface area contributed by atoms with Gasteiger partial charge in [0.2, 0.25) is 70.9 Å². The minimum absolute atomic E-state index is 0.0164. The molecule has 3 heterocycles. The molecule has 0 bridgehead atoms. The van der Waals surface area contributed by atoms with Crippen molar-refractivity contribution in [3.05, 3.63) is 69.3 Å².